The highest BCUT2D eigenvalue weighted by Crippen LogP contribution is 2.35. The number of hydrogen-bond acceptors (Lipinski definition) is 5. The maximum Gasteiger partial charge on any atom is 0.231 e. The first-order chi connectivity index (χ1) is 16.0. The van der Waals surface area contributed by atoms with E-state index in [1.165, 1.54) is 22.7 Å². The number of aromatic nitrogens is 1. The van der Waals surface area contributed by atoms with Crippen LogP contribution >= 0.6 is 22.9 Å². The molecule has 0 atom stereocenters. The third-order valence-corrected chi connectivity index (χ3v) is 6.96. The summed E-state index contributed by atoms with van der Waals surface area (Å²) in [4.78, 5) is 7.49. The highest BCUT2D eigenvalue weighted by molar-refractivity contribution is 7.16. The fraction of sp³-hybridized carbons (Fsp3) is 0.231. The Morgan fingerprint density at radius 1 is 1.03 bits per heavy atom. The summed E-state index contributed by atoms with van der Waals surface area (Å²) in [7, 11) is 0. The number of benzene rings is 2. The van der Waals surface area contributed by atoms with Gasteiger partial charge in [-0.1, -0.05) is 41.6 Å². The molecule has 33 heavy (non-hydrogen) atoms. The van der Waals surface area contributed by atoms with Crippen LogP contribution in [0.4, 0.5) is 22.2 Å². The topological polar surface area (TPSA) is 43.9 Å². The quantitative estimate of drug-likeness (QED) is 0.245. The second kappa shape index (κ2) is 10.2. The van der Waals surface area contributed by atoms with Gasteiger partial charge in [-0.3, -0.25) is 0 Å². The summed E-state index contributed by atoms with van der Waals surface area (Å²) in [6.07, 6.45) is 4.03. The molecule has 0 radical (unpaired) electrons. The molecule has 7 heteroatoms. The molecule has 0 fully saturated rings. The van der Waals surface area contributed by atoms with Crippen LogP contribution in [0.5, 0.6) is 0 Å². The summed E-state index contributed by atoms with van der Waals surface area (Å²) in [5.41, 5.74) is 6.39. The van der Waals surface area contributed by atoms with E-state index < -0.39 is 0 Å². The smallest absolute Gasteiger partial charge is 0.231 e. The minimum atomic E-state index is 0.423. The lowest BCUT2D eigenvalue weighted by atomic mass is 10.0. The Labute approximate surface area is 204 Å². The number of fused-ring (bicyclic) bond motifs is 1. The van der Waals surface area contributed by atoms with Crippen LogP contribution < -0.4 is 4.90 Å². The van der Waals surface area contributed by atoms with Crippen molar-refractivity contribution in [1.82, 2.24) is 4.98 Å². The molecule has 2 heterocycles. The van der Waals surface area contributed by atoms with Gasteiger partial charge in [0.05, 0.1) is 21.7 Å². The summed E-state index contributed by atoms with van der Waals surface area (Å²) in [5, 5.41) is 9.58. The van der Waals surface area contributed by atoms with Crippen molar-refractivity contribution in [3.63, 3.8) is 0 Å². The van der Waals surface area contributed by atoms with Gasteiger partial charge in [0.25, 0.3) is 0 Å². The first-order valence-electron chi connectivity index (χ1n) is 11.1. The van der Waals surface area contributed by atoms with Crippen LogP contribution in [-0.4, -0.2) is 34.9 Å². The molecule has 168 valence electrons. The Hall–Kier alpha value is -3.09. The molecular weight excluding hydrogens is 450 g/mol. The van der Waals surface area contributed by atoms with Gasteiger partial charge < -0.3 is 4.90 Å². The molecule has 0 unspecified atom stereocenters. The number of azo groups is 1. The average molecular weight is 477 g/mol. The van der Waals surface area contributed by atoms with Crippen LogP contribution in [0.1, 0.15) is 31.2 Å². The highest BCUT2D eigenvalue weighted by atomic mass is 35.5. The number of halogens is 1. The Morgan fingerprint density at radius 3 is 2.45 bits per heavy atom. The summed E-state index contributed by atoms with van der Waals surface area (Å²) >= 11 is 7.80. The molecule has 5 nitrogen and oxygen atoms in total. The lowest BCUT2D eigenvalue weighted by molar-refractivity contribution is -0.431. The first kappa shape index (κ1) is 23.1. The molecule has 1 aliphatic rings. The maximum absolute atomic E-state index is 6.39. The van der Waals surface area contributed by atoms with Gasteiger partial charge in [-0.05, 0) is 57.2 Å². The molecule has 1 aliphatic heterocycles. The molecule has 0 aliphatic carbocycles. The summed E-state index contributed by atoms with van der Waals surface area (Å²) < 4.78 is 2.26. The Bertz CT molecular complexity index is 1250. The van der Waals surface area contributed by atoms with E-state index in [2.05, 4.69) is 88.4 Å². The molecule has 0 bridgehead atoms. The maximum atomic E-state index is 6.39. The third kappa shape index (κ3) is 4.82. The largest absolute Gasteiger partial charge is 0.372 e. The van der Waals surface area contributed by atoms with E-state index in [-0.39, 0.29) is 0 Å². The van der Waals surface area contributed by atoms with Gasteiger partial charge >= 0.3 is 0 Å². The zero-order valence-corrected chi connectivity index (χ0v) is 20.7. The molecule has 2 aromatic carbocycles. The number of thiazole rings is 1. The van der Waals surface area contributed by atoms with Crippen molar-refractivity contribution in [2.45, 2.75) is 20.8 Å². The number of para-hydroxylation sites is 1. The Morgan fingerprint density at radius 2 is 1.76 bits per heavy atom. The lowest BCUT2D eigenvalue weighted by Crippen LogP contribution is -2.21. The fourth-order valence-electron chi connectivity index (χ4n) is 3.95. The number of rotatable bonds is 8. The van der Waals surface area contributed by atoms with Crippen molar-refractivity contribution in [2.24, 2.45) is 10.2 Å². The van der Waals surface area contributed by atoms with Gasteiger partial charge in [-0.15, -0.1) is 10.2 Å². The summed E-state index contributed by atoms with van der Waals surface area (Å²) in [6.45, 7) is 13.5. The highest BCUT2D eigenvalue weighted by Gasteiger charge is 2.30. The van der Waals surface area contributed by atoms with Gasteiger partial charge in [-0.25, -0.2) is 4.98 Å². The molecule has 4 rings (SSSR count). The van der Waals surface area contributed by atoms with E-state index in [1.807, 2.05) is 24.3 Å². The fourth-order valence-corrected chi connectivity index (χ4v) is 4.94. The number of allylic oxidation sites excluding steroid dienone is 2. The SMILES string of the molecule is C=C1C(/C=C/c2sc(N=Nc3ccc(N(CC)CC)cc3)nc2Cl)=[N+](CC)c2ccccc21. The molecule has 0 spiro atoms. The number of nitrogens with zero attached hydrogens (tertiary/aromatic N) is 5. The van der Waals surface area contributed by atoms with E-state index in [4.69, 9.17) is 11.6 Å². The standard InChI is InChI=1S/C26H27ClN5S/c1-5-31(6-2)20-14-12-19(13-15-20)29-30-26-28-25(27)24(33-26)17-16-22-18(4)21-10-8-9-11-23(21)32(22)7-3/h8-17H,4-7H2,1-3H3/q+1. The van der Waals surface area contributed by atoms with Crippen LogP contribution in [-0.2, 0) is 0 Å². The van der Waals surface area contributed by atoms with E-state index in [9.17, 15) is 0 Å². The van der Waals surface area contributed by atoms with Crippen molar-refractivity contribution in [2.75, 3.05) is 24.5 Å². The van der Waals surface area contributed by atoms with Crippen molar-refractivity contribution in [1.29, 1.82) is 0 Å². The van der Waals surface area contributed by atoms with Crippen molar-refractivity contribution in [3.8, 4) is 0 Å². The molecule has 3 aromatic rings. The van der Waals surface area contributed by atoms with Gasteiger partial charge in [0.2, 0.25) is 16.5 Å². The summed E-state index contributed by atoms with van der Waals surface area (Å²) in [5.74, 6) is 0. The van der Waals surface area contributed by atoms with E-state index >= 15 is 0 Å². The van der Waals surface area contributed by atoms with Crippen LogP contribution in [0.15, 0.2) is 71.4 Å². The van der Waals surface area contributed by atoms with Gasteiger partial charge in [-0.2, -0.15) is 4.58 Å². The third-order valence-electron chi connectivity index (χ3n) is 5.66. The zero-order valence-electron chi connectivity index (χ0n) is 19.1. The molecule has 0 saturated carbocycles. The molecular formula is C26H27ClN5S+. The number of hydrogen-bond donors (Lipinski definition) is 0. The first-order valence-corrected chi connectivity index (χ1v) is 12.3. The summed E-state index contributed by atoms with van der Waals surface area (Å²) in [6, 6.07) is 16.4. The second-order valence-corrected chi connectivity index (χ2v) is 8.87. The predicted molar refractivity (Wildman–Crippen MR) is 141 cm³/mol. The van der Waals surface area contributed by atoms with Crippen molar-refractivity contribution < 1.29 is 4.58 Å². The second-order valence-electron chi connectivity index (χ2n) is 7.50. The van der Waals surface area contributed by atoms with Crippen LogP contribution in [0, 0.1) is 0 Å². The van der Waals surface area contributed by atoms with Crippen molar-refractivity contribution >= 4 is 62.5 Å². The van der Waals surface area contributed by atoms with Gasteiger partial charge in [0.1, 0.15) is 11.7 Å². The van der Waals surface area contributed by atoms with E-state index in [0.29, 0.717) is 10.3 Å². The van der Waals surface area contributed by atoms with Crippen molar-refractivity contribution in [3.05, 3.63) is 76.8 Å². The van der Waals surface area contributed by atoms with Crippen LogP contribution in [0.25, 0.3) is 11.6 Å². The average Bonchev–Trinajstić information content (AvgIpc) is 3.34. The Kier molecular flexibility index (Phi) is 7.16. The van der Waals surface area contributed by atoms with E-state index in [0.717, 1.165) is 47.0 Å². The zero-order chi connectivity index (χ0) is 23.4. The minimum absolute atomic E-state index is 0.423. The minimum Gasteiger partial charge on any atom is -0.372 e. The van der Waals surface area contributed by atoms with Gasteiger partial charge in [0, 0.05) is 30.9 Å². The van der Waals surface area contributed by atoms with Gasteiger partial charge in [0.15, 0.2) is 0 Å². The molecule has 0 N–H and O–H groups in total. The molecule has 1 aromatic heterocycles. The molecule has 0 amide bonds. The Balaban J connectivity index is 1.51. The number of anilines is 1. The van der Waals surface area contributed by atoms with E-state index in [1.54, 1.807) is 0 Å². The monoisotopic (exact) mass is 476 g/mol. The molecule has 0 saturated heterocycles. The lowest BCUT2D eigenvalue weighted by Gasteiger charge is -2.20. The normalized spacial score (nSPS) is 13.5. The predicted octanol–water partition coefficient (Wildman–Crippen LogP) is 7.90. The van der Waals surface area contributed by atoms with Crippen LogP contribution in [0.2, 0.25) is 5.15 Å². The van der Waals surface area contributed by atoms with Crippen LogP contribution in [0.3, 0.4) is 0 Å².